The fraction of sp³-hybridized carbons (Fsp3) is 0. The van der Waals surface area contributed by atoms with E-state index >= 15 is 0 Å². The molecule has 8 nitrogen and oxygen atoms in total. The number of halogens is 1. The SMILES string of the molecule is O=C(Oc1ccc(/C=N\NC(=O)c2ccccc2Br)cc1)c1ccc([N+](=O)[O-])cc1. The van der Waals surface area contributed by atoms with Crippen molar-refractivity contribution in [2.24, 2.45) is 5.10 Å². The summed E-state index contributed by atoms with van der Waals surface area (Å²) < 4.78 is 5.91. The van der Waals surface area contributed by atoms with E-state index in [1.807, 2.05) is 0 Å². The van der Waals surface area contributed by atoms with E-state index in [2.05, 4.69) is 26.5 Å². The number of amides is 1. The van der Waals surface area contributed by atoms with Gasteiger partial charge in [-0.2, -0.15) is 5.10 Å². The van der Waals surface area contributed by atoms with Gasteiger partial charge in [0.05, 0.1) is 22.3 Å². The standard InChI is InChI=1S/C21H14BrN3O5/c22-19-4-2-1-3-18(19)20(26)24-23-13-14-5-11-17(12-6-14)30-21(27)15-7-9-16(10-8-15)25(28)29/h1-13H,(H,24,26)/b23-13-. The molecule has 0 aliphatic rings. The molecule has 9 heteroatoms. The van der Waals surface area contributed by atoms with Gasteiger partial charge in [0, 0.05) is 16.6 Å². The molecule has 0 bridgehead atoms. The Bertz CT molecular complexity index is 1110. The summed E-state index contributed by atoms with van der Waals surface area (Å²) in [7, 11) is 0. The van der Waals surface area contributed by atoms with Gasteiger partial charge in [0.15, 0.2) is 0 Å². The van der Waals surface area contributed by atoms with E-state index in [9.17, 15) is 19.7 Å². The first-order chi connectivity index (χ1) is 14.4. The van der Waals surface area contributed by atoms with E-state index in [1.165, 1.54) is 30.5 Å². The molecule has 3 rings (SSSR count). The maximum absolute atomic E-state index is 12.1. The fourth-order valence-corrected chi connectivity index (χ4v) is 2.84. The minimum Gasteiger partial charge on any atom is -0.423 e. The first-order valence-corrected chi connectivity index (χ1v) is 9.38. The summed E-state index contributed by atoms with van der Waals surface area (Å²) >= 11 is 3.30. The maximum atomic E-state index is 12.1. The number of carbonyl (C=O) groups is 2. The topological polar surface area (TPSA) is 111 Å². The van der Waals surface area contributed by atoms with E-state index in [1.54, 1.807) is 48.5 Å². The average Bonchev–Trinajstić information content (AvgIpc) is 2.75. The number of hydrogen-bond donors (Lipinski definition) is 1. The van der Waals surface area contributed by atoms with Gasteiger partial charge < -0.3 is 4.74 Å². The second kappa shape index (κ2) is 9.57. The Morgan fingerprint density at radius 2 is 1.67 bits per heavy atom. The zero-order valence-corrected chi connectivity index (χ0v) is 16.9. The second-order valence-corrected chi connectivity index (χ2v) is 6.80. The highest BCUT2D eigenvalue weighted by molar-refractivity contribution is 9.10. The second-order valence-electron chi connectivity index (χ2n) is 5.94. The average molecular weight is 468 g/mol. The predicted molar refractivity (Wildman–Crippen MR) is 114 cm³/mol. The van der Waals surface area contributed by atoms with Gasteiger partial charge in [-0.3, -0.25) is 14.9 Å². The Kier molecular flexibility index (Phi) is 6.66. The predicted octanol–water partition coefficient (Wildman–Crippen LogP) is 4.34. The largest absolute Gasteiger partial charge is 0.423 e. The van der Waals surface area contributed by atoms with Crippen LogP contribution in [-0.2, 0) is 0 Å². The van der Waals surface area contributed by atoms with Crippen LogP contribution in [0.5, 0.6) is 5.75 Å². The van der Waals surface area contributed by atoms with Crippen LogP contribution in [0.4, 0.5) is 5.69 Å². The number of rotatable bonds is 6. The maximum Gasteiger partial charge on any atom is 0.343 e. The van der Waals surface area contributed by atoms with Crippen LogP contribution >= 0.6 is 15.9 Å². The molecule has 0 aliphatic carbocycles. The first kappa shape index (κ1) is 20.9. The molecule has 0 aliphatic heterocycles. The Morgan fingerprint density at radius 3 is 2.30 bits per heavy atom. The van der Waals surface area contributed by atoms with Gasteiger partial charge in [0.25, 0.3) is 11.6 Å². The molecule has 0 radical (unpaired) electrons. The molecule has 30 heavy (non-hydrogen) atoms. The van der Waals surface area contributed by atoms with Crippen molar-refractivity contribution in [3.63, 3.8) is 0 Å². The summed E-state index contributed by atoms with van der Waals surface area (Å²) in [6, 6.07) is 18.6. The van der Waals surface area contributed by atoms with E-state index in [0.29, 0.717) is 21.3 Å². The number of benzene rings is 3. The highest BCUT2D eigenvalue weighted by Gasteiger charge is 2.11. The summed E-state index contributed by atoms with van der Waals surface area (Å²) in [4.78, 5) is 34.3. The number of ether oxygens (including phenoxy) is 1. The molecule has 1 N–H and O–H groups in total. The van der Waals surface area contributed by atoms with Gasteiger partial charge in [-0.25, -0.2) is 10.2 Å². The Hall–Kier alpha value is -3.85. The van der Waals surface area contributed by atoms with Gasteiger partial charge in [0.2, 0.25) is 0 Å². The Morgan fingerprint density at radius 1 is 1.00 bits per heavy atom. The number of esters is 1. The van der Waals surface area contributed by atoms with Crippen LogP contribution in [0.25, 0.3) is 0 Å². The van der Waals surface area contributed by atoms with Crippen LogP contribution in [0.2, 0.25) is 0 Å². The Labute approximate surface area is 179 Å². The van der Waals surface area contributed by atoms with Crippen LogP contribution in [0.15, 0.2) is 82.4 Å². The van der Waals surface area contributed by atoms with Crippen molar-refractivity contribution in [2.45, 2.75) is 0 Å². The lowest BCUT2D eigenvalue weighted by atomic mass is 10.2. The van der Waals surface area contributed by atoms with Crippen molar-refractivity contribution >= 4 is 39.7 Å². The van der Waals surface area contributed by atoms with Gasteiger partial charge >= 0.3 is 5.97 Å². The Balaban J connectivity index is 1.57. The van der Waals surface area contributed by atoms with Gasteiger partial charge in [-0.1, -0.05) is 12.1 Å². The number of nitro benzene ring substituents is 1. The molecular formula is C21H14BrN3O5. The van der Waals surface area contributed by atoms with Crippen LogP contribution in [-0.4, -0.2) is 23.0 Å². The quantitative estimate of drug-likeness (QED) is 0.190. The molecule has 0 fully saturated rings. The van der Waals surface area contributed by atoms with Gasteiger partial charge in [0.1, 0.15) is 5.75 Å². The van der Waals surface area contributed by atoms with Crippen molar-refractivity contribution in [2.75, 3.05) is 0 Å². The molecule has 1 amide bonds. The number of nitrogens with one attached hydrogen (secondary N) is 1. The first-order valence-electron chi connectivity index (χ1n) is 8.58. The van der Waals surface area contributed by atoms with Crippen LogP contribution in [0, 0.1) is 10.1 Å². The molecule has 3 aromatic carbocycles. The fourth-order valence-electron chi connectivity index (χ4n) is 2.38. The molecule has 0 atom stereocenters. The molecular weight excluding hydrogens is 454 g/mol. The minimum atomic E-state index is -0.632. The van der Waals surface area contributed by atoms with Crippen molar-refractivity contribution in [3.8, 4) is 5.75 Å². The minimum absolute atomic E-state index is 0.109. The molecule has 0 heterocycles. The summed E-state index contributed by atoms with van der Waals surface area (Å²) in [5.74, 6) is -0.688. The number of hydrazone groups is 1. The van der Waals surface area contributed by atoms with Crippen LogP contribution in [0.3, 0.4) is 0 Å². The normalized spacial score (nSPS) is 10.6. The molecule has 0 aromatic heterocycles. The van der Waals surface area contributed by atoms with Crippen molar-refractivity contribution in [1.29, 1.82) is 0 Å². The number of nitrogens with zero attached hydrogens (tertiary/aromatic N) is 2. The molecule has 0 unspecified atom stereocenters. The zero-order valence-electron chi connectivity index (χ0n) is 15.3. The lowest BCUT2D eigenvalue weighted by Gasteiger charge is -2.05. The summed E-state index contributed by atoms with van der Waals surface area (Å²) in [6.45, 7) is 0. The summed E-state index contributed by atoms with van der Waals surface area (Å²) in [6.07, 6.45) is 1.46. The molecule has 3 aromatic rings. The van der Waals surface area contributed by atoms with Crippen LogP contribution < -0.4 is 10.2 Å². The number of nitro groups is 1. The highest BCUT2D eigenvalue weighted by atomic mass is 79.9. The lowest BCUT2D eigenvalue weighted by Crippen LogP contribution is -2.18. The number of non-ortho nitro benzene ring substituents is 1. The van der Waals surface area contributed by atoms with E-state index in [0.717, 1.165) is 0 Å². The van der Waals surface area contributed by atoms with Crippen molar-refractivity contribution in [1.82, 2.24) is 5.43 Å². The van der Waals surface area contributed by atoms with E-state index in [-0.39, 0.29) is 17.2 Å². The van der Waals surface area contributed by atoms with Gasteiger partial charge in [-0.15, -0.1) is 0 Å². The molecule has 0 saturated heterocycles. The molecule has 0 saturated carbocycles. The highest BCUT2D eigenvalue weighted by Crippen LogP contribution is 2.17. The molecule has 0 spiro atoms. The third-order valence-electron chi connectivity index (χ3n) is 3.90. The van der Waals surface area contributed by atoms with E-state index < -0.39 is 10.9 Å². The third kappa shape index (κ3) is 5.36. The van der Waals surface area contributed by atoms with Crippen LogP contribution in [0.1, 0.15) is 26.3 Å². The summed E-state index contributed by atoms with van der Waals surface area (Å²) in [5, 5.41) is 14.6. The number of hydrogen-bond acceptors (Lipinski definition) is 6. The zero-order chi connectivity index (χ0) is 21.5. The lowest BCUT2D eigenvalue weighted by molar-refractivity contribution is -0.384. The molecule has 150 valence electrons. The smallest absolute Gasteiger partial charge is 0.343 e. The number of carbonyl (C=O) groups excluding carboxylic acids is 2. The third-order valence-corrected chi connectivity index (χ3v) is 4.59. The van der Waals surface area contributed by atoms with Crippen molar-refractivity contribution in [3.05, 3.63) is 104 Å². The van der Waals surface area contributed by atoms with Gasteiger partial charge in [-0.05, 0) is 70.0 Å². The van der Waals surface area contributed by atoms with E-state index in [4.69, 9.17) is 4.74 Å². The monoisotopic (exact) mass is 467 g/mol. The van der Waals surface area contributed by atoms with Crippen molar-refractivity contribution < 1.29 is 19.2 Å². The summed E-state index contributed by atoms with van der Waals surface area (Å²) in [5.41, 5.74) is 3.66.